The molecule has 372 valence electrons. The third-order valence-electron chi connectivity index (χ3n) is 12.6. The highest BCUT2D eigenvalue weighted by Gasteiger charge is 2.39. The fourth-order valence-electron chi connectivity index (χ4n) is 7.73. The van der Waals surface area contributed by atoms with Crippen molar-refractivity contribution in [2.24, 2.45) is 4.99 Å². The van der Waals surface area contributed by atoms with Crippen molar-refractivity contribution in [1.82, 2.24) is 39.8 Å². The number of unbranched alkanes of at least 4 members (excludes halogenated alkanes) is 9. The smallest absolute Gasteiger partial charge is 0.425 e. The lowest BCUT2D eigenvalue weighted by Crippen LogP contribution is -2.47. The number of aromatic nitrogens is 2. The molecule has 9 unspecified atom stereocenters. The summed E-state index contributed by atoms with van der Waals surface area (Å²) in [5, 5.41) is 8.49. The summed E-state index contributed by atoms with van der Waals surface area (Å²) in [6, 6.07) is 1.47. The Labute approximate surface area is 391 Å². The highest BCUT2D eigenvalue weighted by atomic mass is 16.6. The molecule has 4 heterocycles. The van der Waals surface area contributed by atoms with Gasteiger partial charge in [0.2, 0.25) is 0 Å². The number of carbonyl (C=O) groups excluding carboxylic acids is 3. The van der Waals surface area contributed by atoms with Crippen LogP contribution in [0.4, 0.5) is 14.4 Å². The Balaban J connectivity index is 1.22. The van der Waals surface area contributed by atoms with Crippen molar-refractivity contribution in [1.29, 1.82) is 0 Å². The first-order valence-electron chi connectivity index (χ1n) is 24.3. The van der Waals surface area contributed by atoms with Gasteiger partial charge in [-0.2, -0.15) is 0 Å². The van der Waals surface area contributed by atoms with Crippen LogP contribution < -0.4 is 33.1 Å². The molecule has 9 atom stereocenters. The number of nitrogens with one attached hydrogen (secondary N) is 3. The van der Waals surface area contributed by atoms with Crippen LogP contribution in [0.1, 0.15) is 119 Å². The molecule has 3 aliphatic heterocycles. The van der Waals surface area contributed by atoms with Gasteiger partial charge in [0.1, 0.15) is 16.8 Å². The zero-order chi connectivity index (χ0) is 48.3. The molecule has 3 amide bonds. The molecular formula is C48H81N9O9. The molecule has 66 heavy (non-hydrogen) atoms. The predicted octanol–water partition coefficient (Wildman–Crippen LogP) is 5.31. The van der Waals surface area contributed by atoms with Crippen molar-refractivity contribution in [3.8, 4) is 0 Å². The van der Waals surface area contributed by atoms with Gasteiger partial charge >= 0.3 is 35.4 Å². The van der Waals surface area contributed by atoms with Gasteiger partial charge in [-0.3, -0.25) is 14.7 Å². The second-order valence-corrected chi connectivity index (χ2v) is 19.2. The molecule has 0 aromatic carbocycles. The molecule has 3 aliphatic rings. The van der Waals surface area contributed by atoms with Crippen LogP contribution in [0.15, 0.2) is 57.0 Å². The van der Waals surface area contributed by atoms with Crippen molar-refractivity contribution in [3.05, 3.63) is 64.7 Å². The average Bonchev–Trinajstić information content (AvgIpc) is 4.24. The number of nitrogens with zero attached hydrogens (tertiary/aromatic N) is 6. The molecule has 1 aromatic heterocycles. The van der Waals surface area contributed by atoms with Gasteiger partial charge in [0.15, 0.2) is 0 Å². The van der Waals surface area contributed by atoms with Crippen molar-refractivity contribution in [3.63, 3.8) is 0 Å². The second-order valence-electron chi connectivity index (χ2n) is 19.2. The molecule has 4 rings (SSSR count). The van der Waals surface area contributed by atoms with E-state index in [1.807, 2.05) is 20.8 Å². The van der Waals surface area contributed by atoms with E-state index in [9.17, 15) is 24.0 Å². The van der Waals surface area contributed by atoms with Gasteiger partial charge in [-0.25, -0.2) is 38.1 Å². The van der Waals surface area contributed by atoms with Gasteiger partial charge in [0.05, 0.1) is 0 Å². The number of alkyl carbamates (subject to hydrolysis) is 3. The maximum Gasteiger partial charge on any atom is 0.425 e. The standard InChI is InChI=1S/C48H81N9O9/c1-10-46(7,34-53-31-37(53)4)64-41(58)50-26-20-14-13-19-25-49-40-56(29-23-17-15-21-27-51-42(59)65-47(8,11-2)35-54-32-38(54)5)44(61)57(45(62)63-40)30-24-18-16-22-28-52-43(60)66-48(9,12-3)36-55-33-39(55)6/h10-12,37-39H,1-3,13-36H2,4-9H3,(H,50,58)(H,51,59)(H,52,60)/b49-40-. The minimum Gasteiger partial charge on any atom is -0.438 e. The van der Waals surface area contributed by atoms with E-state index in [0.717, 1.165) is 75.6 Å². The van der Waals surface area contributed by atoms with E-state index in [1.165, 1.54) is 4.57 Å². The first-order chi connectivity index (χ1) is 31.4. The Hall–Kier alpha value is -4.68. The maximum atomic E-state index is 13.8. The van der Waals surface area contributed by atoms with Gasteiger partial charge in [-0.05, 0) is 98.3 Å². The van der Waals surface area contributed by atoms with Crippen LogP contribution in [0.3, 0.4) is 0 Å². The SMILES string of the molecule is C=CC(C)(CN1CC1C)OC(=O)NCCCCCC/N=c1\oc(=O)n(CCCCCCNC(=O)OC(C)(C=C)CN2CC2C)c(=O)n1CCCCCCNC(=O)OC(C)(C=C)CN1CC1C. The third kappa shape index (κ3) is 18.9. The molecule has 1 aromatic rings. The van der Waals surface area contributed by atoms with E-state index in [1.54, 1.807) is 18.2 Å². The molecule has 3 fully saturated rings. The van der Waals surface area contributed by atoms with E-state index in [4.69, 9.17) is 18.6 Å². The molecule has 3 saturated heterocycles. The van der Waals surface area contributed by atoms with Crippen LogP contribution in [0.5, 0.6) is 0 Å². The van der Waals surface area contributed by atoms with Crippen molar-refractivity contribution < 1.29 is 33.0 Å². The largest absolute Gasteiger partial charge is 0.438 e. The first-order valence-corrected chi connectivity index (χ1v) is 24.3. The van der Waals surface area contributed by atoms with E-state index in [0.29, 0.717) is 96.2 Å². The second kappa shape index (κ2) is 26.0. The number of carbonyl (C=O) groups is 3. The van der Waals surface area contributed by atoms with Gasteiger partial charge < -0.3 is 34.6 Å². The van der Waals surface area contributed by atoms with E-state index >= 15 is 0 Å². The van der Waals surface area contributed by atoms with Crippen molar-refractivity contribution >= 4 is 18.3 Å². The number of amides is 3. The highest BCUT2D eigenvalue weighted by Crippen LogP contribution is 2.25. The summed E-state index contributed by atoms with van der Waals surface area (Å²) in [4.78, 5) is 75.6. The Morgan fingerprint density at radius 3 is 1.27 bits per heavy atom. The van der Waals surface area contributed by atoms with Crippen molar-refractivity contribution in [2.45, 2.75) is 167 Å². The van der Waals surface area contributed by atoms with E-state index in [2.05, 4.69) is 76.2 Å². The fraction of sp³-hybridized carbons (Fsp3) is 0.750. The zero-order valence-corrected chi connectivity index (χ0v) is 40.9. The molecule has 18 nitrogen and oxygen atoms in total. The maximum absolute atomic E-state index is 13.8. The van der Waals surface area contributed by atoms with Crippen LogP contribution in [0, 0.1) is 0 Å². The van der Waals surface area contributed by atoms with Gasteiger partial charge in [-0.15, -0.1) is 0 Å². The number of hydrogen-bond donors (Lipinski definition) is 3. The minimum absolute atomic E-state index is 0.00814. The average molecular weight is 928 g/mol. The lowest BCUT2D eigenvalue weighted by molar-refractivity contribution is 0.0480. The normalized spacial score (nSPS) is 23.5. The van der Waals surface area contributed by atoms with E-state index < -0.39 is 46.5 Å². The molecule has 3 N–H and O–H groups in total. The van der Waals surface area contributed by atoms with Crippen LogP contribution >= 0.6 is 0 Å². The molecule has 0 radical (unpaired) electrons. The lowest BCUT2D eigenvalue weighted by atomic mass is 10.1. The van der Waals surface area contributed by atoms with Crippen LogP contribution in [-0.2, 0) is 27.3 Å². The fourth-order valence-corrected chi connectivity index (χ4v) is 7.73. The van der Waals surface area contributed by atoms with Crippen LogP contribution in [0.25, 0.3) is 0 Å². The third-order valence-corrected chi connectivity index (χ3v) is 12.6. The van der Waals surface area contributed by atoms with Crippen LogP contribution in [0.2, 0.25) is 0 Å². The Bertz CT molecular complexity index is 1970. The molecule has 0 bridgehead atoms. The first kappa shape index (κ1) is 53.9. The monoisotopic (exact) mass is 928 g/mol. The lowest BCUT2D eigenvalue weighted by Gasteiger charge is -2.26. The Morgan fingerprint density at radius 2 is 0.924 bits per heavy atom. The zero-order valence-electron chi connectivity index (χ0n) is 40.9. The number of ether oxygens (including phenoxy) is 3. The molecular weight excluding hydrogens is 847 g/mol. The van der Waals surface area contributed by atoms with Gasteiger partial charge in [0.25, 0.3) is 0 Å². The summed E-state index contributed by atoms with van der Waals surface area (Å²) in [6.07, 6.45) is 12.5. The summed E-state index contributed by atoms with van der Waals surface area (Å²) in [6.45, 7) is 30.5. The summed E-state index contributed by atoms with van der Waals surface area (Å²) >= 11 is 0. The van der Waals surface area contributed by atoms with Gasteiger partial charge in [0, 0.05) is 96.7 Å². The van der Waals surface area contributed by atoms with Crippen LogP contribution in [-0.4, -0.2) is 142 Å². The summed E-state index contributed by atoms with van der Waals surface area (Å²) < 4.78 is 25.2. The van der Waals surface area contributed by atoms with Gasteiger partial charge in [-0.1, -0.05) is 58.3 Å². The molecule has 0 saturated carbocycles. The molecule has 18 heteroatoms. The molecule has 0 aliphatic carbocycles. The Morgan fingerprint density at radius 1 is 0.591 bits per heavy atom. The summed E-state index contributed by atoms with van der Waals surface area (Å²) in [5.74, 6) is -0.745. The molecule has 0 spiro atoms. The topological polar surface area (TPSA) is 194 Å². The number of hydrogen-bond acceptors (Lipinski definition) is 13. The summed E-state index contributed by atoms with van der Waals surface area (Å²) in [5.41, 5.74) is -2.74. The number of rotatable bonds is 33. The van der Waals surface area contributed by atoms with Crippen molar-refractivity contribution in [2.75, 3.05) is 65.4 Å². The quantitative estimate of drug-likeness (QED) is 0.0357. The Kier molecular flexibility index (Phi) is 21.3. The van der Waals surface area contributed by atoms with E-state index in [-0.39, 0.29) is 12.2 Å². The summed E-state index contributed by atoms with van der Waals surface area (Å²) in [7, 11) is 0. The minimum atomic E-state index is -0.766. The highest BCUT2D eigenvalue weighted by molar-refractivity contribution is 5.68. The predicted molar refractivity (Wildman–Crippen MR) is 255 cm³/mol.